The average Bonchev–Trinajstić information content (AvgIpc) is 2.47. The van der Waals surface area contributed by atoms with E-state index in [1.54, 1.807) is 7.11 Å². The Bertz CT molecular complexity index is 437. The highest BCUT2D eigenvalue weighted by Crippen LogP contribution is 2.26. The van der Waals surface area contributed by atoms with Crippen molar-refractivity contribution in [1.82, 2.24) is 4.90 Å². The van der Waals surface area contributed by atoms with Crippen molar-refractivity contribution in [1.29, 1.82) is 0 Å². The van der Waals surface area contributed by atoms with Gasteiger partial charge in [-0.3, -0.25) is 0 Å². The molecule has 118 valence electrons. The second-order valence-corrected chi connectivity index (χ2v) is 5.99. The highest BCUT2D eigenvalue weighted by molar-refractivity contribution is 5.57. The van der Waals surface area contributed by atoms with Gasteiger partial charge in [-0.1, -0.05) is 6.07 Å². The van der Waals surface area contributed by atoms with Crippen LogP contribution in [0.2, 0.25) is 0 Å². The summed E-state index contributed by atoms with van der Waals surface area (Å²) < 4.78 is 10.9. The zero-order valence-electron chi connectivity index (χ0n) is 13.5. The first-order chi connectivity index (χ1) is 10.2. The maximum absolute atomic E-state index is 5.82. The molecule has 21 heavy (non-hydrogen) atoms. The van der Waals surface area contributed by atoms with Crippen LogP contribution in [0.1, 0.15) is 18.4 Å². The predicted molar refractivity (Wildman–Crippen MR) is 87.3 cm³/mol. The molecule has 0 radical (unpaired) electrons. The smallest absolute Gasteiger partial charge is 0.142 e. The van der Waals surface area contributed by atoms with Gasteiger partial charge in [0, 0.05) is 20.2 Å². The zero-order valence-corrected chi connectivity index (χ0v) is 13.5. The third kappa shape index (κ3) is 5.21. The summed E-state index contributed by atoms with van der Waals surface area (Å²) in [5.41, 5.74) is 2.30. The van der Waals surface area contributed by atoms with Crippen LogP contribution in [0.3, 0.4) is 0 Å². The summed E-state index contributed by atoms with van der Waals surface area (Å²) in [4.78, 5) is 2.42. The van der Waals surface area contributed by atoms with Gasteiger partial charge in [0.15, 0.2) is 0 Å². The molecule has 1 heterocycles. The van der Waals surface area contributed by atoms with Gasteiger partial charge in [-0.15, -0.1) is 0 Å². The number of rotatable bonds is 7. The number of nitrogens with zero attached hydrogens (tertiary/aromatic N) is 1. The van der Waals surface area contributed by atoms with Crippen molar-refractivity contribution < 1.29 is 9.47 Å². The first kappa shape index (κ1) is 16.1. The molecule has 0 bridgehead atoms. The fourth-order valence-electron chi connectivity index (χ4n) is 2.82. The summed E-state index contributed by atoms with van der Waals surface area (Å²) in [6, 6.07) is 6.33. The Labute approximate surface area is 128 Å². The van der Waals surface area contributed by atoms with E-state index in [0.717, 1.165) is 23.9 Å². The maximum Gasteiger partial charge on any atom is 0.142 e. The van der Waals surface area contributed by atoms with E-state index < -0.39 is 0 Å². The Kier molecular flexibility index (Phi) is 6.33. The van der Waals surface area contributed by atoms with E-state index in [2.05, 4.69) is 42.4 Å². The van der Waals surface area contributed by atoms with Crippen LogP contribution >= 0.6 is 0 Å². The SMILES string of the molecule is COCCOc1cc(C)ccc1NCC1CCCN(C)C1. The van der Waals surface area contributed by atoms with Gasteiger partial charge >= 0.3 is 0 Å². The van der Waals surface area contributed by atoms with E-state index in [-0.39, 0.29) is 0 Å². The maximum atomic E-state index is 5.82. The van der Waals surface area contributed by atoms with Crippen LogP contribution in [0.15, 0.2) is 18.2 Å². The molecule has 0 amide bonds. The van der Waals surface area contributed by atoms with Crippen molar-refractivity contribution >= 4 is 5.69 Å². The molecule has 0 aliphatic carbocycles. The average molecular weight is 292 g/mol. The van der Waals surface area contributed by atoms with Gasteiger partial charge in [0.25, 0.3) is 0 Å². The Balaban J connectivity index is 1.91. The molecule has 1 saturated heterocycles. The van der Waals surface area contributed by atoms with Crippen molar-refractivity contribution in [3.05, 3.63) is 23.8 Å². The van der Waals surface area contributed by atoms with Crippen molar-refractivity contribution in [2.45, 2.75) is 19.8 Å². The molecule has 0 saturated carbocycles. The van der Waals surface area contributed by atoms with Crippen molar-refractivity contribution in [2.75, 3.05) is 52.3 Å². The summed E-state index contributed by atoms with van der Waals surface area (Å²) in [7, 11) is 3.90. The molecule has 1 atom stereocenters. The van der Waals surface area contributed by atoms with Crippen LogP contribution in [-0.2, 0) is 4.74 Å². The number of anilines is 1. The molecule has 1 N–H and O–H groups in total. The van der Waals surface area contributed by atoms with E-state index in [1.165, 1.54) is 31.5 Å². The third-order valence-electron chi connectivity index (χ3n) is 3.99. The molecule has 1 aromatic rings. The van der Waals surface area contributed by atoms with Gasteiger partial charge in [-0.25, -0.2) is 0 Å². The van der Waals surface area contributed by atoms with Crippen LogP contribution < -0.4 is 10.1 Å². The summed E-state index contributed by atoms with van der Waals surface area (Å²) in [5.74, 6) is 1.65. The molecular weight excluding hydrogens is 264 g/mol. The van der Waals surface area contributed by atoms with Crippen LogP contribution in [-0.4, -0.2) is 51.9 Å². The number of nitrogens with one attached hydrogen (secondary N) is 1. The monoisotopic (exact) mass is 292 g/mol. The van der Waals surface area contributed by atoms with Gasteiger partial charge in [-0.2, -0.15) is 0 Å². The number of aryl methyl sites for hydroxylation is 1. The molecule has 1 fully saturated rings. The minimum atomic E-state index is 0.584. The zero-order chi connectivity index (χ0) is 15.1. The standard InChI is InChI=1S/C17H28N2O2/c1-14-6-7-16(17(11-14)21-10-9-20-3)18-12-15-5-4-8-19(2)13-15/h6-7,11,15,18H,4-5,8-10,12-13H2,1-3H3. The highest BCUT2D eigenvalue weighted by atomic mass is 16.5. The van der Waals surface area contributed by atoms with E-state index in [9.17, 15) is 0 Å². The molecular formula is C17H28N2O2. The molecule has 4 nitrogen and oxygen atoms in total. The lowest BCUT2D eigenvalue weighted by molar-refractivity contribution is 0.146. The number of methoxy groups -OCH3 is 1. The van der Waals surface area contributed by atoms with Crippen molar-refractivity contribution in [3.8, 4) is 5.75 Å². The normalized spacial score (nSPS) is 19.5. The number of likely N-dealkylation sites (tertiary alicyclic amines) is 1. The first-order valence-corrected chi connectivity index (χ1v) is 7.84. The van der Waals surface area contributed by atoms with Gasteiger partial charge in [0.05, 0.1) is 12.3 Å². The molecule has 0 aromatic heterocycles. The topological polar surface area (TPSA) is 33.7 Å². The van der Waals surface area contributed by atoms with Crippen LogP contribution in [0.5, 0.6) is 5.75 Å². The minimum Gasteiger partial charge on any atom is -0.489 e. The molecule has 1 aliphatic rings. The van der Waals surface area contributed by atoms with Gasteiger partial charge in [-0.05, 0) is 57.0 Å². The quantitative estimate of drug-likeness (QED) is 0.784. The fourth-order valence-corrected chi connectivity index (χ4v) is 2.82. The molecule has 1 aromatic carbocycles. The van der Waals surface area contributed by atoms with Crippen LogP contribution in [0, 0.1) is 12.8 Å². The molecule has 4 heteroatoms. The van der Waals surface area contributed by atoms with Gasteiger partial charge < -0.3 is 19.7 Å². The summed E-state index contributed by atoms with van der Waals surface area (Å²) >= 11 is 0. The first-order valence-electron chi connectivity index (χ1n) is 7.84. The Morgan fingerprint density at radius 3 is 2.95 bits per heavy atom. The lowest BCUT2D eigenvalue weighted by atomic mass is 9.98. The Morgan fingerprint density at radius 1 is 1.33 bits per heavy atom. The molecule has 2 rings (SSSR count). The molecule has 1 unspecified atom stereocenters. The van der Waals surface area contributed by atoms with E-state index >= 15 is 0 Å². The fraction of sp³-hybridized carbons (Fsp3) is 0.647. The summed E-state index contributed by atoms with van der Waals surface area (Å²) in [5, 5.41) is 3.57. The van der Waals surface area contributed by atoms with Crippen LogP contribution in [0.4, 0.5) is 5.69 Å². The largest absolute Gasteiger partial charge is 0.489 e. The number of hydrogen-bond acceptors (Lipinski definition) is 4. The number of hydrogen-bond donors (Lipinski definition) is 1. The van der Waals surface area contributed by atoms with Crippen molar-refractivity contribution in [3.63, 3.8) is 0 Å². The Hall–Kier alpha value is -1.26. The highest BCUT2D eigenvalue weighted by Gasteiger charge is 2.17. The summed E-state index contributed by atoms with van der Waals surface area (Å²) in [6.07, 6.45) is 2.61. The van der Waals surface area contributed by atoms with Gasteiger partial charge in [0.1, 0.15) is 12.4 Å². The molecule has 0 spiro atoms. The van der Waals surface area contributed by atoms with Gasteiger partial charge in [0.2, 0.25) is 0 Å². The second kappa shape index (κ2) is 8.25. The lowest BCUT2D eigenvalue weighted by Gasteiger charge is -2.30. The van der Waals surface area contributed by atoms with Crippen molar-refractivity contribution in [2.24, 2.45) is 5.92 Å². The lowest BCUT2D eigenvalue weighted by Crippen LogP contribution is -2.35. The summed E-state index contributed by atoms with van der Waals surface area (Å²) in [6.45, 7) is 6.70. The van der Waals surface area contributed by atoms with E-state index in [1.807, 2.05) is 0 Å². The third-order valence-corrected chi connectivity index (χ3v) is 3.99. The van der Waals surface area contributed by atoms with E-state index in [0.29, 0.717) is 13.2 Å². The van der Waals surface area contributed by atoms with E-state index in [4.69, 9.17) is 9.47 Å². The minimum absolute atomic E-state index is 0.584. The number of piperidine rings is 1. The number of ether oxygens (including phenoxy) is 2. The molecule has 1 aliphatic heterocycles. The predicted octanol–water partition coefficient (Wildman–Crippen LogP) is 2.77. The number of benzene rings is 1. The van der Waals surface area contributed by atoms with Crippen LogP contribution in [0.25, 0.3) is 0 Å². The second-order valence-electron chi connectivity index (χ2n) is 5.99. The Morgan fingerprint density at radius 2 is 2.19 bits per heavy atom.